The fourth-order valence-electron chi connectivity index (χ4n) is 9.30. The van der Waals surface area contributed by atoms with Crippen LogP contribution in [0, 0.1) is 12.7 Å². The minimum Gasteiger partial charge on any atom is -0.207 e. The van der Waals surface area contributed by atoms with Crippen molar-refractivity contribution in [3.05, 3.63) is 137 Å². The number of aromatic nitrogens is 2. The number of unbranched alkanes of at least 4 members (excludes halogenated alkanes) is 1. The maximum atomic E-state index is 16.4. The molecule has 1 aliphatic carbocycles. The molecule has 0 saturated heterocycles. The number of nitrogens with zero attached hydrogens (tertiary/aromatic N) is 2. The Bertz CT molecular complexity index is 2320. The molecule has 0 N–H and O–H groups in total. The van der Waals surface area contributed by atoms with Gasteiger partial charge in [-0.2, -0.15) is 9.13 Å². The number of pyridine rings is 2. The highest BCUT2D eigenvalue weighted by molar-refractivity contribution is 6.03. The number of halogens is 1. The Morgan fingerprint density at radius 1 is 0.755 bits per heavy atom. The smallest absolute Gasteiger partial charge is 0.207 e. The molecule has 1 aliphatic heterocycles. The minimum absolute atomic E-state index is 0.116. The fourth-order valence-corrected chi connectivity index (χ4v) is 9.30. The molecule has 0 unspecified atom stereocenters. The second-order valence-corrected chi connectivity index (χ2v) is 14.8. The highest BCUT2D eigenvalue weighted by Gasteiger charge is 2.51. The summed E-state index contributed by atoms with van der Waals surface area (Å²) in [5.74, 6) is -0.116. The first-order valence-corrected chi connectivity index (χ1v) is 18.3. The zero-order valence-corrected chi connectivity index (χ0v) is 29.8. The van der Waals surface area contributed by atoms with E-state index < -0.39 is 5.41 Å². The number of allylic oxidation sites excluding steroid dienone is 1. The molecule has 0 bridgehead atoms. The minimum atomic E-state index is -0.478. The van der Waals surface area contributed by atoms with Gasteiger partial charge in [0.1, 0.15) is 5.82 Å². The number of hydrogen-bond donors (Lipinski definition) is 0. The van der Waals surface area contributed by atoms with Crippen molar-refractivity contribution in [1.29, 1.82) is 0 Å². The molecule has 4 aromatic carbocycles. The monoisotopic (exact) mass is 646 g/mol. The van der Waals surface area contributed by atoms with E-state index in [1.54, 1.807) is 6.07 Å². The summed E-state index contributed by atoms with van der Waals surface area (Å²) in [5, 5.41) is 5.11. The van der Waals surface area contributed by atoms with Crippen molar-refractivity contribution in [2.24, 2.45) is 0 Å². The molecule has 0 radical (unpaired) electrons. The van der Waals surface area contributed by atoms with Gasteiger partial charge in [-0.25, -0.2) is 4.39 Å². The van der Waals surface area contributed by atoms with Crippen LogP contribution in [0.15, 0.2) is 103 Å². The lowest BCUT2D eigenvalue weighted by molar-refractivity contribution is -0.754. The van der Waals surface area contributed by atoms with Crippen LogP contribution in [0.5, 0.6) is 0 Å². The summed E-state index contributed by atoms with van der Waals surface area (Å²) in [7, 11) is 0. The van der Waals surface area contributed by atoms with E-state index in [1.165, 1.54) is 60.8 Å². The van der Waals surface area contributed by atoms with Crippen molar-refractivity contribution in [2.75, 3.05) is 0 Å². The van der Waals surface area contributed by atoms with E-state index >= 15 is 4.39 Å². The number of fused-ring (bicyclic) bond motifs is 1. The molecular formula is C46H47FN2+2. The number of hydrogen-bond acceptors (Lipinski definition) is 0. The normalized spacial score (nSPS) is 15.4. The van der Waals surface area contributed by atoms with E-state index in [4.69, 9.17) is 0 Å². The topological polar surface area (TPSA) is 7.76 Å². The summed E-state index contributed by atoms with van der Waals surface area (Å²) < 4.78 is 21.4. The van der Waals surface area contributed by atoms with Gasteiger partial charge in [0.2, 0.25) is 11.4 Å². The highest BCUT2D eigenvalue weighted by atomic mass is 19.1. The van der Waals surface area contributed by atoms with Gasteiger partial charge in [0.05, 0.1) is 21.9 Å². The van der Waals surface area contributed by atoms with Gasteiger partial charge in [-0.15, -0.1) is 0 Å². The van der Waals surface area contributed by atoms with Gasteiger partial charge in [-0.1, -0.05) is 95.6 Å². The van der Waals surface area contributed by atoms with Crippen LogP contribution in [-0.4, -0.2) is 0 Å². The first-order valence-electron chi connectivity index (χ1n) is 18.3. The molecule has 3 heterocycles. The molecule has 0 spiro atoms. The third kappa shape index (κ3) is 4.58. The maximum Gasteiger partial charge on any atom is 0.222 e. The average molecular weight is 647 g/mol. The van der Waals surface area contributed by atoms with Crippen LogP contribution in [0.1, 0.15) is 88.1 Å². The van der Waals surface area contributed by atoms with Crippen molar-refractivity contribution in [2.45, 2.75) is 91.1 Å². The third-order valence-electron chi connectivity index (χ3n) is 12.0. The van der Waals surface area contributed by atoms with E-state index in [2.05, 4.69) is 142 Å². The third-order valence-corrected chi connectivity index (χ3v) is 12.0. The Labute approximate surface area is 290 Å². The van der Waals surface area contributed by atoms with Gasteiger partial charge in [-0.3, -0.25) is 0 Å². The molecule has 0 saturated carbocycles. The molecule has 246 valence electrons. The van der Waals surface area contributed by atoms with Crippen LogP contribution in [0.2, 0.25) is 0 Å². The van der Waals surface area contributed by atoms with Crippen molar-refractivity contribution in [3.8, 4) is 22.5 Å². The zero-order chi connectivity index (χ0) is 34.1. The van der Waals surface area contributed by atoms with Crippen LogP contribution in [0.25, 0.3) is 50.1 Å². The van der Waals surface area contributed by atoms with Gasteiger partial charge < -0.3 is 0 Å². The van der Waals surface area contributed by atoms with Crippen molar-refractivity contribution < 1.29 is 13.5 Å². The summed E-state index contributed by atoms with van der Waals surface area (Å²) in [4.78, 5) is 0. The maximum absolute atomic E-state index is 16.4. The second-order valence-electron chi connectivity index (χ2n) is 14.8. The average Bonchev–Trinajstić information content (AvgIpc) is 3.22. The summed E-state index contributed by atoms with van der Waals surface area (Å²) in [6, 6.07) is 30.5. The Morgan fingerprint density at radius 2 is 1.53 bits per heavy atom. The molecule has 0 amide bonds. The summed E-state index contributed by atoms with van der Waals surface area (Å²) in [6.45, 7) is 14.3. The Morgan fingerprint density at radius 3 is 2.31 bits per heavy atom. The summed E-state index contributed by atoms with van der Waals surface area (Å²) in [5.41, 5.74) is 11.1. The lowest BCUT2D eigenvalue weighted by Crippen LogP contribution is -2.60. The predicted molar refractivity (Wildman–Crippen MR) is 201 cm³/mol. The molecule has 3 heteroatoms. The van der Waals surface area contributed by atoms with Gasteiger partial charge in [-0.05, 0) is 77.1 Å². The van der Waals surface area contributed by atoms with Gasteiger partial charge in [0.25, 0.3) is 0 Å². The fraction of sp³-hybridized carbons (Fsp3) is 0.304. The number of benzene rings is 4. The first-order chi connectivity index (χ1) is 23.7. The second kappa shape index (κ2) is 11.8. The zero-order valence-electron chi connectivity index (χ0n) is 29.8. The lowest BCUT2D eigenvalue weighted by Gasteiger charge is -2.36. The summed E-state index contributed by atoms with van der Waals surface area (Å²) in [6.07, 6.45) is 12.3. The van der Waals surface area contributed by atoms with E-state index in [0.29, 0.717) is 0 Å². The van der Waals surface area contributed by atoms with Crippen LogP contribution in [0.3, 0.4) is 0 Å². The molecule has 0 fully saturated rings. The van der Waals surface area contributed by atoms with Gasteiger partial charge in [0, 0.05) is 41.5 Å². The predicted octanol–water partition coefficient (Wildman–Crippen LogP) is 10.9. The number of aryl methyl sites for hydroxylation is 2. The molecule has 49 heavy (non-hydrogen) atoms. The molecule has 6 aromatic rings. The van der Waals surface area contributed by atoms with E-state index in [9.17, 15) is 0 Å². The van der Waals surface area contributed by atoms with Gasteiger partial charge in [0.15, 0.2) is 24.5 Å². The summed E-state index contributed by atoms with van der Waals surface area (Å²) >= 11 is 0. The van der Waals surface area contributed by atoms with Crippen LogP contribution < -0.4 is 9.13 Å². The highest BCUT2D eigenvalue weighted by Crippen LogP contribution is 2.52. The van der Waals surface area contributed by atoms with Crippen LogP contribution in [-0.2, 0) is 23.9 Å². The first kappa shape index (κ1) is 31.6. The molecule has 2 nitrogen and oxygen atoms in total. The van der Waals surface area contributed by atoms with Crippen molar-refractivity contribution in [1.82, 2.24) is 0 Å². The largest absolute Gasteiger partial charge is 0.222 e. The van der Waals surface area contributed by atoms with E-state index in [-0.39, 0.29) is 11.4 Å². The quantitative estimate of drug-likeness (QED) is 0.145. The van der Waals surface area contributed by atoms with E-state index in [0.717, 1.165) is 55.3 Å². The van der Waals surface area contributed by atoms with E-state index in [1.807, 2.05) is 6.07 Å². The Hall–Kier alpha value is -4.63. The standard InChI is InChI=1S/C46H47FN2/c1-7-10-16-31-20-22-38-41-36(31)25-27-49-44(41)40-33(21-23-39(47)42(40)45(38,5)6)28-34(46(49,8-2)9-3)29-48-26-24-32-17-12-14-19-37(32)43(48)35-18-13-11-15-30(35)4/h11-15,17-28H,7-10,16,29H2,1-6H3/q+2. The molecular weight excluding hydrogens is 600 g/mol. The van der Waals surface area contributed by atoms with Gasteiger partial charge >= 0.3 is 0 Å². The molecule has 2 aliphatic rings. The van der Waals surface area contributed by atoms with Crippen LogP contribution in [0.4, 0.5) is 4.39 Å². The molecule has 8 rings (SSSR count). The number of rotatable bonds is 8. The van der Waals surface area contributed by atoms with Crippen molar-refractivity contribution in [3.63, 3.8) is 0 Å². The lowest BCUT2D eigenvalue weighted by atomic mass is 9.68. The Balaban J connectivity index is 1.45. The Kier molecular flexibility index (Phi) is 7.59. The van der Waals surface area contributed by atoms with Crippen LogP contribution >= 0.6 is 0 Å². The molecule has 2 aromatic heterocycles. The SMILES string of the molecule is CCCCc1ccc2c3c4[n+](ccc13)C(CC)(CC)C(C[n+]1ccc3ccccc3c1-c1ccccc1C)=Cc1ccc(F)c(c1-4)C2(C)C. The molecule has 0 atom stereocenters. The van der Waals surface area contributed by atoms with Crippen molar-refractivity contribution >= 4 is 27.6 Å².